The van der Waals surface area contributed by atoms with Crippen LogP contribution in [0.4, 0.5) is 11.4 Å². The number of aromatic hydroxyl groups is 2. The van der Waals surface area contributed by atoms with Gasteiger partial charge in [0.1, 0.15) is 11.4 Å². The Labute approximate surface area is 139 Å². The zero-order valence-corrected chi connectivity index (χ0v) is 12.8. The van der Waals surface area contributed by atoms with Crippen LogP contribution in [0.3, 0.4) is 0 Å². The van der Waals surface area contributed by atoms with Gasteiger partial charge in [-0.25, -0.2) is 0 Å². The monoisotopic (exact) mass is 346 g/mol. The SMILES string of the molecule is NC(=[NH2+])c1ccc(N=[NH+]c2ccc(O)cc2O)cc1.O.[Cl-].[Cl-]. The maximum absolute atomic E-state index is 9.57. The molecule has 0 amide bonds. The fourth-order valence-corrected chi connectivity index (χ4v) is 1.47. The van der Waals surface area contributed by atoms with Gasteiger partial charge in [0.05, 0.1) is 5.56 Å². The topological polar surface area (TPSA) is 150 Å². The molecule has 0 unspecified atom stereocenters. The van der Waals surface area contributed by atoms with Gasteiger partial charge in [-0.15, -0.1) is 0 Å². The highest BCUT2D eigenvalue weighted by Gasteiger charge is 2.07. The van der Waals surface area contributed by atoms with E-state index in [-0.39, 0.29) is 47.6 Å². The molecule has 0 aliphatic carbocycles. The Kier molecular flexibility index (Phi) is 9.54. The van der Waals surface area contributed by atoms with Crippen molar-refractivity contribution in [2.45, 2.75) is 0 Å². The Bertz CT molecular complexity index is 648. The fraction of sp³-hybridized carbons (Fsp3) is 0. The molecule has 22 heavy (non-hydrogen) atoms. The van der Waals surface area contributed by atoms with E-state index in [1.807, 2.05) is 0 Å². The largest absolute Gasteiger partial charge is 1.00 e. The van der Waals surface area contributed by atoms with E-state index in [0.717, 1.165) is 5.56 Å². The lowest BCUT2D eigenvalue weighted by molar-refractivity contribution is -0.434. The average Bonchev–Trinajstić information content (AvgIpc) is 2.38. The number of nitrogens with one attached hydrogen (secondary N) is 1. The molecule has 0 saturated carbocycles. The van der Waals surface area contributed by atoms with Crippen molar-refractivity contribution in [2.24, 2.45) is 10.8 Å². The first-order valence-corrected chi connectivity index (χ1v) is 5.53. The van der Waals surface area contributed by atoms with Gasteiger partial charge in [-0.3, -0.25) is 11.1 Å². The molecule has 2 aromatic carbocycles. The van der Waals surface area contributed by atoms with E-state index >= 15 is 0 Å². The van der Waals surface area contributed by atoms with Gasteiger partial charge in [0.2, 0.25) is 0 Å². The minimum Gasteiger partial charge on any atom is -1.00 e. The molecule has 0 aromatic heterocycles. The lowest BCUT2D eigenvalue weighted by Gasteiger charge is -1.94. The van der Waals surface area contributed by atoms with E-state index in [0.29, 0.717) is 11.4 Å². The highest BCUT2D eigenvalue weighted by molar-refractivity contribution is 5.92. The Morgan fingerprint density at radius 2 is 1.64 bits per heavy atom. The van der Waals surface area contributed by atoms with Crippen molar-refractivity contribution in [3.8, 4) is 11.5 Å². The number of hydrogen-bond acceptors (Lipinski definition) is 3. The molecule has 9 heteroatoms. The quantitative estimate of drug-likeness (QED) is 0.123. The molecule has 0 aliphatic rings. The van der Waals surface area contributed by atoms with Crippen LogP contribution >= 0.6 is 0 Å². The number of nitrogens with zero attached hydrogens (tertiary/aromatic N) is 1. The van der Waals surface area contributed by atoms with E-state index in [2.05, 4.69) is 10.2 Å². The lowest BCUT2D eigenvalue weighted by atomic mass is 10.2. The molecule has 0 atom stereocenters. The third-order valence-electron chi connectivity index (χ3n) is 2.49. The molecule has 2 rings (SSSR count). The second-order valence-corrected chi connectivity index (χ2v) is 3.93. The second-order valence-electron chi connectivity index (χ2n) is 3.93. The van der Waals surface area contributed by atoms with Gasteiger partial charge in [-0.05, 0) is 35.4 Å². The lowest BCUT2D eigenvalue weighted by Crippen LogP contribution is -3.00. The standard InChI is InChI=1S/C13H12N4O2.2ClH.H2O/c14-13(15)8-1-3-9(4-2-8)16-17-11-6-5-10(18)7-12(11)19;;;/h1-7,18-19H,(H3,14,15);2*1H;1H2. The van der Waals surface area contributed by atoms with E-state index in [4.69, 9.17) is 16.2 Å². The van der Waals surface area contributed by atoms with Gasteiger partial charge in [-0.2, -0.15) is 0 Å². The first-order valence-electron chi connectivity index (χ1n) is 5.53. The van der Waals surface area contributed by atoms with Gasteiger partial charge in [-0.1, -0.05) is 5.11 Å². The van der Waals surface area contributed by atoms with Crippen LogP contribution in [0.15, 0.2) is 47.6 Å². The molecule has 0 spiro atoms. The van der Waals surface area contributed by atoms with E-state index in [1.54, 1.807) is 24.3 Å². The minimum absolute atomic E-state index is 0. The summed E-state index contributed by atoms with van der Waals surface area (Å²) in [6.07, 6.45) is 0. The van der Waals surface area contributed by atoms with Crippen molar-refractivity contribution in [1.29, 1.82) is 0 Å². The van der Waals surface area contributed by atoms with Crippen LogP contribution in [0, 0.1) is 0 Å². The summed E-state index contributed by atoms with van der Waals surface area (Å²) in [6.45, 7) is 0. The van der Waals surface area contributed by atoms with E-state index < -0.39 is 0 Å². The molecule has 9 N–H and O–H groups in total. The Balaban J connectivity index is 0. The average molecular weight is 347 g/mol. The van der Waals surface area contributed by atoms with Crippen molar-refractivity contribution < 1.29 is 51.0 Å². The van der Waals surface area contributed by atoms with Crippen LogP contribution in [0.5, 0.6) is 11.5 Å². The molecular formula is C13H16Cl2N4O3. The number of amidine groups is 1. The first-order chi connectivity index (χ1) is 9.06. The Morgan fingerprint density at radius 1 is 1.05 bits per heavy atom. The molecule has 0 radical (unpaired) electrons. The third kappa shape index (κ3) is 5.57. The smallest absolute Gasteiger partial charge is 0.271 e. The minimum atomic E-state index is -0.0834. The molecule has 0 saturated heterocycles. The second kappa shape index (κ2) is 9.56. The van der Waals surface area contributed by atoms with E-state index in [1.165, 1.54) is 18.2 Å². The number of halogens is 2. The Hall–Kier alpha value is -2.35. The summed E-state index contributed by atoms with van der Waals surface area (Å²) in [5, 5.41) is 31.0. The predicted octanol–water partition coefficient (Wildman–Crippen LogP) is -7.76. The number of phenolic OH excluding ortho intramolecular Hbond substituents is 2. The highest BCUT2D eigenvalue weighted by atomic mass is 35.5. The van der Waals surface area contributed by atoms with Gasteiger partial charge < -0.3 is 40.5 Å². The number of phenols is 2. The summed E-state index contributed by atoms with van der Waals surface area (Å²) < 4.78 is 0. The number of nitrogens with two attached hydrogens (primary N) is 2. The molecule has 120 valence electrons. The molecule has 7 nitrogen and oxygen atoms in total. The van der Waals surface area contributed by atoms with Gasteiger partial charge >= 0.3 is 0 Å². The number of hydrogen-bond donors (Lipinski definition) is 5. The first kappa shape index (κ1) is 21.9. The zero-order chi connectivity index (χ0) is 13.8. The molecule has 0 fully saturated rings. The zero-order valence-electron chi connectivity index (χ0n) is 11.3. The summed E-state index contributed by atoms with van der Waals surface area (Å²) >= 11 is 0. The third-order valence-corrected chi connectivity index (χ3v) is 2.49. The van der Waals surface area contributed by atoms with Crippen molar-refractivity contribution in [3.05, 3.63) is 48.0 Å². The molecule has 0 heterocycles. The summed E-state index contributed by atoms with van der Waals surface area (Å²) in [5.41, 5.74) is 7.23. The van der Waals surface area contributed by atoms with Crippen LogP contribution in [-0.4, -0.2) is 21.5 Å². The number of benzene rings is 2. The van der Waals surface area contributed by atoms with Gasteiger partial charge in [0.15, 0.2) is 5.75 Å². The van der Waals surface area contributed by atoms with Crippen LogP contribution in [0.2, 0.25) is 0 Å². The predicted molar refractivity (Wildman–Crippen MR) is 72.8 cm³/mol. The molecular weight excluding hydrogens is 331 g/mol. The fourth-order valence-electron chi connectivity index (χ4n) is 1.47. The normalized spacial score (nSPS) is 9.27. The maximum Gasteiger partial charge on any atom is 0.271 e. The van der Waals surface area contributed by atoms with Crippen molar-refractivity contribution in [3.63, 3.8) is 0 Å². The summed E-state index contributed by atoms with van der Waals surface area (Å²) in [5.74, 6) is 0.150. The van der Waals surface area contributed by atoms with Gasteiger partial charge in [0.25, 0.3) is 11.5 Å². The van der Waals surface area contributed by atoms with Crippen molar-refractivity contribution in [1.82, 2.24) is 0 Å². The van der Waals surface area contributed by atoms with Crippen LogP contribution in [-0.2, 0) is 0 Å². The summed E-state index contributed by atoms with van der Waals surface area (Å²) in [4.78, 5) is 0. The maximum atomic E-state index is 9.57. The van der Waals surface area contributed by atoms with Crippen LogP contribution < -0.4 is 41.1 Å². The molecule has 0 aliphatic heterocycles. The molecule has 2 aromatic rings. The van der Waals surface area contributed by atoms with Crippen molar-refractivity contribution >= 4 is 17.2 Å². The van der Waals surface area contributed by atoms with Crippen LogP contribution in [0.1, 0.15) is 5.56 Å². The number of rotatable bonds is 3. The van der Waals surface area contributed by atoms with E-state index in [9.17, 15) is 5.11 Å². The highest BCUT2D eigenvalue weighted by Crippen LogP contribution is 2.23. The van der Waals surface area contributed by atoms with Crippen LogP contribution in [0.25, 0.3) is 0 Å². The Morgan fingerprint density at radius 3 is 2.14 bits per heavy atom. The van der Waals surface area contributed by atoms with Crippen molar-refractivity contribution in [2.75, 3.05) is 0 Å². The molecule has 0 bridgehead atoms. The van der Waals surface area contributed by atoms with Gasteiger partial charge in [0, 0.05) is 12.1 Å². The summed E-state index contributed by atoms with van der Waals surface area (Å²) in [6, 6.07) is 11.2. The number of azo groups is 1. The summed E-state index contributed by atoms with van der Waals surface area (Å²) in [7, 11) is 0.